The molecule has 0 radical (unpaired) electrons. The molecule has 2 aromatic rings. The van der Waals surface area contributed by atoms with Crippen LogP contribution in [0.15, 0.2) is 40.2 Å². The molecule has 0 aliphatic carbocycles. The largest absolute Gasteiger partial charge is 0.314 e. The normalized spacial score (nSPS) is 10.1. The summed E-state index contributed by atoms with van der Waals surface area (Å²) in [7, 11) is 0. The highest BCUT2D eigenvalue weighted by atomic mass is 79.9. The number of halogens is 1. The lowest BCUT2D eigenvalue weighted by Crippen LogP contribution is -2.10. The molecule has 0 fully saturated rings. The number of amides is 1. The van der Waals surface area contributed by atoms with Crippen molar-refractivity contribution in [2.24, 2.45) is 0 Å². The maximum absolute atomic E-state index is 11.8. The fourth-order valence-corrected chi connectivity index (χ4v) is 2.55. The Bertz CT molecular complexity index is 504. The second kappa shape index (κ2) is 4.80. The molecule has 4 heteroatoms. The van der Waals surface area contributed by atoms with Crippen molar-refractivity contribution < 1.29 is 4.79 Å². The summed E-state index contributed by atoms with van der Waals surface area (Å²) in [4.78, 5) is 11.8. The Morgan fingerprint density at radius 1 is 1.19 bits per heavy atom. The molecular weight excluding hydrogens is 286 g/mol. The summed E-state index contributed by atoms with van der Waals surface area (Å²) < 4.78 is 1.01. The summed E-state index contributed by atoms with van der Waals surface area (Å²) in [6.45, 7) is 2.00. The van der Waals surface area contributed by atoms with E-state index in [1.807, 2.05) is 43.3 Å². The zero-order chi connectivity index (χ0) is 11.5. The van der Waals surface area contributed by atoms with Crippen LogP contribution in [0.1, 0.15) is 15.9 Å². The van der Waals surface area contributed by atoms with Gasteiger partial charge in [0.05, 0.1) is 8.79 Å². The molecule has 1 amide bonds. The zero-order valence-corrected chi connectivity index (χ0v) is 11.1. The first-order valence-corrected chi connectivity index (χ1v) is 6.39. The molecule has 1 aromatic heterocycles. The van der Waals surface area contributed by atoms with Crippen LogP contribution >= 0.6 is 27.3 Å². The maximum Gasteiger partial charge on any atom is 0.256 e. The van der Waals surface area contributed by atoms with E-state index in [2.05, 4.69) is 21.2 Å². The van der Waals surface area contributed by atoms with Gasteiger partial charge >= 0.3 is 0 Å². The molecule has 1 heterocycles. The highest BCUT2D eigenvalue weighted by Gasteiger charge is 2.06. The predicted octanol–water partition coefficient (Wildman–Crippen LogP) is 4.07. The average Bonchev–Trinajstić information content (AvgIpc) is 2.65. The van der Waals surface area contributed by atoms with Gasteiger partial charge in [0.25, 0.3) is 5.91 Å². The minimum absolute atomic E-state index is 0.0747. The fraction of sp³-hybridized carbons (Fsp3) is 0.0833. The summed E-state index contributed by atoms with van der Waals surface area (Å²) in [5, 5.41) is 3.69. The molecule has 1 aromatic carbocycles. The van der Waals surface area contributed by atoms with E-state index in [0.29, 0.717) is 5.56 Å². The van der Waals surface area contributed by atoms with E-state index in [-0.39, 0.29) is 5.91 Å². The van der Waals surface area contributed by atoms with E-state index in [4.69, 9.17) is 0 Å². The van der Waals surface area contributed by atoms with Crippen molar-refractivity contribution in [3.05, 3.63) is 51.3 Å². The van der Waals surface area contributed by atoms with Crippen molar-refractivity contribution in [3.8, 4) is 0 Å². The van der Waals surface area contributed by atoms with Crippen LogP contribution in [0.4, 0.5) is 5.00 Å². The number of thiophene rings is 1. The number of aryl methyl sites for hydroxylation is 1. The predicted molar refractivity (Wildman–Crippen MR) is 71.2 cm³/mol. The number of benzene rings is 1. The van der Waals surface area contributed by atoms with Crippen LogP contribution in [0.25, 0.3) is 0 Å². The molecule has 0 aliphatic heterocycles. The van der Waals surface area contributed by atoms with Gasteiger partial charge in [-0.3, -0.25) is 4.79 Å². The van der Waals surface area contributed by atoms with Crippen molar-refractivity contribution >= 4 is 38.2 Å². The van der Waals surface area contributed by atoms with Crippen molar-refractivity contribution in [1.82, 2.24) is 0 Å². The van der Waals surface area contributed by atoms with Gasteiger partial charge < -0.3 is 5.32 Å². The van der Waals surface area contributed by atoms with Gasteiger partial charge in [-0.25, -0.2) is 0 Å². The number of hydrogen-bond acceptors (Lipinski definition) is 2. The van der Waals surface area contributed by atoms with Crippen LogP contribution in [0.2, 0.25) is 0 Å². The standard InChI is InChI=1S/C12H10BrNOS/c1-8-2-4-9(5-3-8)12(15)14-11-7-6-10(13)16-11/h2-7H,1H3,(H,14,15). The van der Waals surface area contributed by atoms with Gasteiger partial charge in [0, 0.05) is 5.56 Å². The Morgan fingerprint density at radius 2 is 1.88 bits per heavy atom. The van der Waals surface area contributed by atoms with E-state index < -0.39 is 0 Å². The average molecular weight is 296 g/mol. The molecule has 0 unspecified atom stereocenters. The molecule has 82 valence electrons. The second-order valence-electron chi connectivity index (χ2n) is 3.42. The highest BCUT2D eigenvalue weighted by molar-refractivity contribution is 9.11. The molecule has 0 saturated heterocycles. The monoisotopic (exact) mass is 295 g/mol. The minimum atomic E-state index is -0.0747. The molecule has 0 bridgehead atoms. The summed E-state index contributed by atoms with van der Waals surface area (Å²) >= 11 is 4.85. The van der Waals surface area contributed by atoms with Crippen LogP contribution in [0, 0.1) is 6.92 Å². The molecule has 2 nitrogen and oxygen atoms in total. The van der Waals surface area contributed by atoms with Gasteiger partial charge in [-0.05, 0) is 47.1 Å². The molecule has 1 N–H and O–H groups in total. The molecule has 16 heavy (non-hydrogen) atoms. The number of anilines is 1. The van der Waals surface area contributed by atoms with Crippen LogP contribution in [0.3, 0.4) is 0 Å². The summed E-state index contributed by atoms with van der Waals surface area (Å²) in [5.74, 6) is -0.0747. The highest BCUT2D eigenvalue weighted by Crippen LogP contribution is 2.26. The third kappa shape index (κ3) is 2.71. The van der Waals surface area contributed by atoms with Crippen molar-refractivity contribution in [3.63, 3.8) is 0 Å². The Hall–Kier alpha value is -1.13. The number of rotatable bonds is 2. The first-order chi connectivity index (χ1) is 7.65. The molecule has 0 aliphatic rings. The fourth-order valence-electron chi connectivity index (χ4n) is 1.27. The van der Waals surface area contributed by atoms with Gasteiger partial charge in [-0.1, -0.05) is 17.7 Å². The molecule has 2 rings (SSSR count). The third-order valence-electron chi connectivity index (χ3n) is 2.12. The Balaban J connectivity index is 2.11. The van der Waals surface area contributed by atoms with E-state index in [1.54, 1.807) is 0 Å². The topological polar surface area (TPSA) is 29.1 Å². The first kappa shape index (κ1) is 11.4. The number of nitrogens with one attached hydrogen (secondary N) is 1. The van der Waals surface area contributed by atoms with Gasteiger partial charge in [-0.15, -0.1) is 11.3 Å². The van der Waals surface area contributed by atoms with Crippen molar-refractivity contribution in [2.75, 3.05) is 5.32 Å². The molecule has 0 saturated carbocycles. The van der Waals surface area contributed by atoms with Crippen LogP contribution in [-0.4, -0.2) is 5.91 Å². The number of carbonyl (C=O) groups excluding carboxylic acids is 1. The lowest BCUT2D eigenvalue weighted by molar-refractivity contribution is 0.102. The van der Waals surface area contributed by atoms with Crippen LogP contribution in [0.5, 0.6) is 0 Å². The Morgan fingerprint density at radius 3 is 2.44 bits per heavy atom. The number of carbonyl (C=O) groups is 1. The van der Waals surface area contributed by atoms with Gasteiger partial charge in [0.15, 0.2) is 0 Å². The Kier molecular flexibility index (Phi) is 3.41. The van der Waals surface area contributed by atoms with Gasteiger partial charge in [-0.2, -0.15) is 0 Å². The third-order valence-corrected chi connectivity index (χ3v) is 3.66. The van der Waals surface area contributed by atoms with E-state index in [0.717, 1.165) is 14.4 Å². The van der Waals surface area contributed by atoms with E-state index in [9.17, 15) is 4.79 Å². The maximum atomic E-state index is 11.8. The lowest BCUT2D eigenvalue weighted by Gasteiger charge is -2.02. The van der Waals surface area contributed by atoms with Crippen molar-refractivity contribution in [1.29, 1.82) is 0 Å². The summed E-state index contributed by atoms with van der Waals surface area (Å²) in [5.41, 5.74) is 1.82. The van der Waals surface area contributed by atoms with Crippen LogP contribution < -0.4 is 5.32 Å². The Labute approximate surface area is 106 Å². The molecule has 0 spiro atoms. The second-order valence-corrected chi connectivity index (χ2v) is 5.89. The SMILES string of the molecule is Cc1ccc(C(=O)Nc2ccc(Br)s2)cc1. The smallest absolute Gasteiger partial charge is 0.256 e. The van der Waals surface area contributed by atoms with Gasteiger partial charge in [0.2, 0.25) is 0 Å². The first-order valence-electron chi connectivity index (χ1n) is 4.78. The number of hydrogen-bond donors (Lipinski definition) is 1. The quantitative estimate of drug-likeness (QED) is 0.889. The van der Waals surface area contributed by atoms with E-state index in [1.165, 1.54) is 11.3 Å². The van der Waals surface area contributed by atoms with Crippen molar-refractivity contribution in [2.45, 2.75) is 6.92 Å². The summed E-state index contributed by atoms with van der Waals surface area (Å²) in [6.07, 6.45) is 0. The zero-order valence-electron chi connectivity index (χ0n) is 8.66. The minimum Gasteiger partial charge on any atom is -0.314 e. The molecular formula is C12H10BrNOS. The van der Waals surface area contributed by atoms with E-state index >= 15 is 0 Å². The summed E-state index contributed by atoms with van der Waals surface area (Å²) in [6, 6.07) is 11.3. The van der Waals surface area contributed by atoms with Gasteiger partial charge in [0.1, 0.15) is 0 Å². The molecule has 0 atom stereocenters. The van der Waals surface area contributed by atoms with Crippen LogP contribution in [-0.2, 0) is 0 Å². The lowest BCUT2D eigenvalue weighted by atomic mass is 10.1.